The van der Waals surface area contributed by atoms with Crippen molar-refractivity contribution >= 4 is 0 Å². The molecule has 0 unspecified atom stereocenters. The van der Waals surface area contributed by atoms with Crippen molar-refractivity contribution in [3.63, 3.8) is 0 Å². The molecular weight excluding hydrogens is 192 g/mol. The zero-order chi connectivity index (χ0) is 11.4. The molecule has 0 heterocycles. The smallest absolute Gasteiger partial charge is 0.0272 e. The van der Waals surface area contributed by atoms with Crippen LogP contribution < -0.4 is 0 Å². The van der Waals surface area contributed by atoms with Crippen molar-refractivity contribution in [1.29, 1.82) is 0 Å². The summed E-state index contributed by atoms with van der Waals surface area (Å²) in [5.74, 6) is 4.93. The Kier molecular flexibility index (Phi) is 4.73. The summed E-state index contributed by atoms with van der Waals surface area (Å²) in [6, 6.07) is 0. The predicted octanol–water partition coefficient (Wildman–Crippen LogP) is 5.38. The Bertz CT molecular complexity index is 158. The van der Waals surface area contributed by atoms with E-state index in [-0.39, 0.29) is 0 Å². The van der Waals surface area contributed by atoms with Gasteiger partial charge in [0.2, 0.25) is 0 Å². The van der Waals surface area contributed by atoms with Crippen molar-refractivity contribution in [1.82, 2.24) is 0 Å². The average Bonchev–Trinajstić information content (AvgIpc) is 2.30. The summed E-state index contributed by atoms with van der Waals surface area (Å²) >= 11 is 0. The van der Waals surface area contributed by atoms with Gasteiger partial charge in [0.25, 0.3) is 0 Å². The number of hydrogen-bond donors (Lipinski definition) is 0. The second kappa shape index (κ2) is 6.07. The molecule has 0 bridgehead atoms. The largest absolute Gasteiger partial charge is 0.0625 e. The van der Waals surface area contributed by atoms with E-state index in [0.29, 0.717) is 0 Å². The highest BCUT2D eigenvalue weighted by atomic mass is 14.3. The highest BCUT2D eigenvalue weighted by Gasteiger charge is 2.22. The molecule has 0 nitrogen and oxygen atoms in total. The van der Waals surface area contributed by atoms with Gasteiger partial charge in [0.15, 0.2) is 0 Å². The average molecular weight is 221 g/mol. The molecule has 0 N–H and O–H groups in total. The van der Waals surface area contributed by atoms with Crippen LogP contribution in [-0.2, 0) is 0 Å². The van der Waals surface area contributed by atoms with Crippen LogP contribution in [0, 0.1) is 23.7 Å². The Hall–Kier alpha value is 0. The van der Waals surface area contributed by atoms with E-state index in [1.165, 1.54) is 64.2 Å². The highest BCUT2D eigenvalue weighted by molar-refractivity contribution is 4.89. The standard InChI is InChI=1S/C16H29/c1-13-3-7-15(8-4-13)11-12-16-9-5-14(2)6-10-16/h13,15-16H,3-12H2,1-2H3. The van der Waals surface area contributed by atoms with Crippen LogP contribution in [0.4, 0.5) is 0 Å². The van der Waals surface area contributed by atoms with E-state index in [9.17, 15) is 0 Å². The Morgan fingerprint density at radius 2 is 1.31 bits per heavy atom. The van der Waals surface area contributed by atoms with Crippen LogP contribution in [0.15, 0.2) is 0 Å². The molecule has 0 heteroatoms. The van der Waals surface area contributed by atoms with Gasteiger partial charge in [0, 0.05) is 0 Å². The Balaban J connectivity index is 1.60. The monoisotopic (exact) mass is 221 g/mol. The zero-order valence-electron chi connectivity index (χ0n) is 11.3. The van der Waals surface area contributed by atoms with Crippen LogP contribution >= 0.6 is 0 Å². The molecule has 93 valence electrons. The molecular formula is C16H29. The van der Waals surface area contributed by atoms with E-state index < -0.39 is 0 Å². The quantitative estimate of drug-likeness (QED) is 0.600. The van der Waals surface area contributed by atoms with Gasteiger partial charge in [-0.2, -0.15) is 0 Å². The Labute approximate surface area is 102 Å². The minimum Gasteiger partial charge on any atom is -0.0625 e. The van der Waals surface area contributed by atoms with Crippen LogP contribution in [0.25, 0.3) is 0 Å². The van der Waals surface area contributed by atoms with Gasteiger partial charge >= 0.3 is 0 Å². The van der Waals surface area contributed by atoms with Crippen LogP contribution in [0.5, 0.6) is 0 Å². The summed E-state index contributed by atoms with van der Waals surface area (Å²) in [4.78, 5) is 0. The van der Waals surface area contributed by atoms with Crippen molar-refractivity contribution in [2.24, 2.45) is 17.8 Å². The van der Waals surface area contributed by atoms with E-state index in [1.807, 2.05) is 0 Å². The van der Waals surface area contributed by atoms with Gasteiger partial charge in [-0.15, -0.1) is 0 Å². The minimum atomic E-state index is 1.02. The molecule has 1 radical (unpaired) electrons. The molecule has 0 atom stereocenters. The van der Waals surface area contributed by atoms with E-state index in [0.717, 1.165) is 17.8 Å². The van der Waals surface area contributed by atoms with Gasteiger partial charge in [-0.25, -0.2) is 0 Å². The van der Waals surface area contributed by atoms with Gasteiger partial charge in [-0.3, -0.25) is 0 Å². The van der Waals surface area contributed by atoms with Gasteiger partial charge in [0.1, 0.15) is 0 Å². The second-order valence-electron chi connectivity index (χ2n) is 6.60. The summed E-state index contributed by atoms with van der Waals surface area (Å²) in [5, 5.41) is 0. The molecule has 0 saturated heterocycles. The second-order valence-corrected chi connectivity index (χ2v) is 6.60. The number of hydrogen-bond acceptors (Lipinski definition) is 0. The van der Waals surface area contributed by atoms with Gasteiger partial charge in [0.05, 0.1) is 0 Å². The fourth-order valence-corrected chi connectivity index (χ4v) is 3.55. The molecule has 0 aromatic carbocycles. The predicted molar refractivity (Wildman–Crippen MR) is 71.2 cm³/mol. The molecule has 2 aliphatic carbocycles. The first-order valence-electron chi connectivity index (χ1n) is 7.55. The first kappa shape index (κ1) is 12.5. The molecule has 2 rings (SSSR count). The van der Waals surface area contributed by atoms with Crippen molar-refractivity contribution in [2.45, 2.75) is 78.1 Å². The van der Waals surface area contributed by atoms with Crippen LogP contribution in [-0.4, -0.2) is 0 Å². The lowest BCUT2D eigenvalue weighted by Gasteiger charge is -2.30. The Morgan fingerprint density at radius 3 is 1.88 bits per heavy atom. The summed E-state index contributed by atoms with van der Waals surface area (Å²) in [6.07, 6.45) is 15.0. The van der Waals surface area contributed by atoms with E-state index in [4.69, 9.17) is 0 Å². The molecule has 2 saturated carbocycles. The molecule has 0 aliphatic heterocycles. The third-order valence-corrected chi connectivity index (χ3v) is 5.08. The maximum atomic E-state index is 2.43. The summed E-state index contributed by atoms with van der Waals surface area (Å²) in [6.45, 7) is 4.77. The van der Waals surface area contributed by atoms with Crippen molar-refractivity contribution in [3.05, 3.63) is 5.92 Å². The summed E-state index contributed by atoms with van der Waals surface area (Å²) in [5.41, 5.74) is 0. The van der Waals surface area contributed by atoms with Crippen LogP contribution in [0.3, 0.4) is 0 Å². The van der Waals surface area contributed by atoms with Crippen LogP contribution in [0.2, 0.25) is 0 Å². The lowest BCUT2D eigenvalue weighted by molar-refractivity contribution is 0.247. The molecule has 2 aliphatic rings. The lowest BCUT2D eigenvalue weighted by Crippen LogP contribution is -2.16. The van der Waals surface area contributed by atoms with Gasteiger partial charge in [-0.05, 0) is 49.4 Å². The maximum Gasteiger partial charge on any atom is -0.0272 e. The van der Waals surface area contributed by atoms with Gasteiger partial charge in [-0.1, -0.05) is 52.4 Å². The van der Waals surface area contributed by atoms with Crippen molar-refractivity contribution in [2.75, 3.05) is 0 Å². The minimum absolute atomic E-state index is 1.02. The zero-order valence-corrected chi connectivity index (χ0v) is 11.3. The third-order valence-electron chi connectivity index (χ3n) is 5.08. The van der Waals surface area contributed by atoms with E-state index in [2.05, 4.69) is 13.8 Å². The topological polar surface area (TPSA) is 0 Å². The van der Waals surface area contributed by atoms with Crippen molar-refractivity contribution in [3.8, 4) is 0 Å². The van der Waals surface area contributed by atoms with Crippen LogP contribution in [0.1, 0.15) is 78.1 Å². The third kappa shape index (κ3) is 3.79. The normalized spacial score (nSPS) is 34.1. The summed E-state index contributed by atoms with van der Waals surface area (Å²) in [7, 11) is 0. The van der Waals surface area contributed by atoms with Crippen molar-refractivity contribution < 1.29 is 0 Å². The molecule has 0 aromatic rings. The SMILES string of the molecule is C[C]1CCC(CCC2CCC(C)CC2)CC1. The molecule has 0 spiro atoms. The Morgan fingerprint density at radius 1 is 0.812 bits per heavy atom. The highest BCUT2D eigenvalue weighted by Crippen LogP contribution is 2.36. The van der Waals surface area contributed by atoms with Gasteiger partial charge < -0.3 is 0 Å². The molecule has 0 aromatic heterocycles. The fraction of sp³-hybridized carbons (Fsp3) is 0.938. The van der Waals surface area contributed by atoms with E-state index in [1.54, 1.807) is 5.92 Å². The van der Waals surface area contributed by atoms with E-state index >= 15 is 0 Å². The maximum absolute atomic E-state index is 2.43. The first-order chi connectivity index (χ1) is 7.74. The molecule has 2 fully saturated rings. The number of rotatable bonds is 3. The molecule has 0 amide bonds. The first-order valence-corrected chi connectivity index (χ1v) is 7.55. The fourth-order valence-electron chi connectivity index (χ4n) is 3.55. The summed E-state index contributed by atoms with van der Waals surface area (Å²) < 4.78 is 0. The molecule has 16 heavy (non-hydrogen) atoms. The lowest BCUT2D eigenvalue weighted by atomic mass is 9.76.